The lowest BCUT2D eigenvalue weighted by molar-refractivity contribution is 0.102. The molecule has 0 unspecified atom stereocenters. The van der Waals surface area contributed by atoms with Gasteiger partial charge in [0.15, 0.2) is 5.69 Å². The number of hydrogen-bond donors (Lipinski definition) is 2. The first-order chi connectivity index (χ1) is 8.60. The van der Waals surface area contributed by atoms with Crippen LogP contribution in [0.5, 0.6) is 0 Å². The van der Waals surface area contributed by atoms with Crippen molar-refractivity contribution < 1.29 is 4.79 Å². The van der Waals surface area contributed by atoms with Crippen molar-refractivity contribution in [2.24, 2.45) is 12.8 Å². The highest BCUT2D eigenvalue weighted by atomic mass is 16.1. The number of rotatable bonds is 3. The van der Waals surface area contributed by atoms with Gasteiger partial charge in [-0.15, -0.1) is 0 Å². The Morgan fingerprint density at radius 2 is 2.22 bits per heavy atom. The number of anilines is 1. The van der Waals surface area contributed by atoms with Crippen LogP contribution in [0.1, 0.15) is 21.6 Å². The number of aromatic nitrogens is 2. The van der Waals surface area contributed by atoms with Gasteiger partial charge < -0.3 is 11.1 Å². The van der Waals surface area contributed by atoms with Crippen molar-refractivity contribution in [3.05, 3.63) is 47.3 Å². The molecule has 0 radical (unpaired) electrons. The largest absolute Gasteiger partial charge is 0.326 e. The zero-order valence-corrected chi connectivity index (χ0v) is 10.5. The van der Waals surface area contributed by atoms with Gasteiger partial charge in [-0.1, -0.05) is 12.1 Å². The van der Waals surface area contributed by atoms with Gasteiger partial charge >= 0.3 is 0 Å². The summed E-state index contributed by atoms with van der Waals surface area (Å²) in [6, 6.07) is 7.45. The summed E-state index contributed by atoms with van der Waals surface area (Å²) in [5, 5.41) is 6.90. The molecule has 18 heavy (non-hydrogen) atoms. The highest BCUT2D eigenvalue weighted by molar-refractivity contribution is 6.03. The van der Waals surface area contributed by atoms with Crippen LogP contribution < -0.4 is 11.1 Å². The quantitative estimate of drug-likeness (QED) is 0.858. The number of aryl methyl sites for hydroxylation is 2. The topological polar surface area (TPSA) is 72.9 Å². The standard InChI is InChI=1S/C13H16N4O/c1-9-3-4-10(8-14)7-12(9)15-13(18)11-5-6-17(2)16-11/h3-7H,8,14H2,1-2H3,(H,15,18). The van der Waals surface area contributed by atoms with Crippen LogP contribution in [-0.4, -0.2) is 15.7 Å². The number of benzene rings is 1. The minimum absolute atomic E-state index is 0.215. The summed E-state index contributed by atoms with van der Waals surface area (Å²) in [6.07, 6.45) is 1.73. The monoisotopic (exact) mass is 244 g/mol. The smallest absolute Gasteiger partial charge is 0.276 e. The zero-order chi connectivity index (χ0) is 13.1. The first-order valence-corrected chi connectivity index (χ1v) is 5.70. The van der Waals surface area contributed by atoms with Crippen LogP contribution in [0.15, 0.2) is 30.5 Å². The summed E-state index contributed by atoms with van der Waals surface area (Å²) in [4.78, 5) is 12.0. The van der Waals surface area contributed by atoms with Crippen molar-refractivity contribution in [2.45, 2.75) is 13.5 Å². The van der Waals surface area contributed by atoms with Crippen LogP contribution in [-0.2, 0) is 13.6 Å². The molecule has 0 aliphatic carbocycles. The molecule has 0 atom stereocenters. The first-order valence-electron chi connectivity index (χ1n) is 5.70. The number of nitrogens with two attached hydrogens (primary N) is 1. The fourth-order valence-corrected chi connectivity index (χ4v) is 1.65. The summed E-state index contributed by atoms with van der Waals surface area (Å²) < 4.78 is 1.60. The molecule has 0 fully saturated rings. The third kappa shape index (κ3) is 2.57. The summed E-state index contributed by atoms with van der Waals surface area (Å²) >= 11 is 0. The molecule has 0 aliphatic heterocycles. The van der Waals surface area contributed by atoms with E-state index >= 15 is 0 Å². The second-order valence-electron chi connectivity index (χ2n) is 4.18. The van der Waals surface area contributed by atoms with Gasteiger partial charge in [0.2, 0.25) is 0 Å². The molecule has 0 spiro atoms. The number of carbonyl (C=O) groups is 1. The van der Waals surface area contributed by atoms with Crippen molar-refractivity contribution in [1.82, 2.24) is 9.78 Å². The lowest BCUT2D eigenvalue weighted by atomic mass is 10.1. The molecule has 1 amide bonds. The summed E-state index contributed by atoms with van der Waals surface area (Å²) in [5.41, 5.74) is 8.74. The van der Waals surface area contributed by atoms with Crippen LogP contribution in [0.3, 0.4) is 0 Å². The zero-order valence-electron chi connectivity index (χ0n) is 10.5. The molecule has 5 heteroatoms. The van der Waals surface area contributed by atoms with Crippen molar-refractivity contribution in [3.8, 4) is 0 Å². The number of hydrogen-bond acceptors (Lipinski definition) is 3. The predicted octanol–water partition coefficient (Wildman–Crippen LogP) is 1.44. The molecular weight excluding hydrogens is 228 g/mol. The molecule has 0 aliphatic rings. The van der Waals surface area contributed by atoms with Gasteiger partial charge in [-0.05, 0) is 30.2 Å². The molecule has 0 saturated heterocycles. The number of nitrogens with one attached hydrogen (secondary N) is 1. The number of carbonyl (C=O) groups excluding carboxylic acids is 1. The number of amides is 1. The van der Waals surface area contributed by atoms with E-state index in [0.717, 1.165) is 16.8 Å². The van der Waals surface area contributed by atoms with E-state index in [4.69, 9.17) is 5.73 Å². The Kier molecular flexibility index (Phi) is 3.43. The number of nitrogens with zero attached hydrogens (tertiary/aromatic N) is 2. The Labute approximate surface area is 106 Å². The van der Waals surface area contributed by atoms with Gasteiger partial charge in [0.05, 0.1) is 0 Å². The van der Waals surface area contributed by atoms with E-state index in [-0.39, 0.29) is 5.91 Å². The van der Waals surface area contributed by atoms with Gasteiger partial charge in [-0.3, -0.25) is 9.48 Å². The Morgan fingerprint density at radius 3 is 2.83 bits per heavy atom. The maximum Gasteiger partial charge on any atom is 0.276 e. The van der Waals surface area contributed by atoms with E-state index in [9.17, 15) is 4.79 Å². The van der Waals surface area contributed by atoms with E-state index in [2.05, 4.69) is 10.4 Å². The molecule has 1 heterocycles. The van der Waals surface area contributed by atoms with Crippen molar-refractivity contribution >= 4 is 11.6 Å². The van der Waals surface area contributed by atoms with E-state index in [1.807, 2.05) is 25.1 Å². The Bertz CT molecular complexity index is 574. The molecule has 0 saturated carbocycles. The maximum absolute atomic E-state index is 12.0. The lowest BCUT2D eigenvalue weighted by Gasteiger charge is -2.08. The minimum Gasteiger partial charge on any atom is -0.326 e. The average Bonchev–Trinajstić information content (AvgIpc) is 2.79. The molecule has 3 N–H and O–H groups in total. The van der Waals surface area contributed by atoms with Crippen molar-refractivity contribution in [2.75, 3.05) is 5.32 Å². The third-order valence-electron chi connectivity index (χ3n) is 2.73. The fraction of sp³-hybridized carbons (Fsp3) is 0.231. The minimum atomic E-state index is -0.215. The lowest BCUT2D eigenvalue weighted by Crippen LogP contribution is -2.14. The molecule has 94 valence electrons. The summed E-state index contributed by atoms with van der Waals surface area (Å²) in [7, 11) is 1.77. The van der Waals surface area contributed by atoms with E-state index in [1.165, 1.54) is 0 Å². The second kappa shape index (κ2) is 5.01. The molecule has 5 nitrogen and oxygen atoms in total. The normalized spacial score (nSPS) is 10.4. The predicted molar refractivity (Wildman–Crippen MR) is 70.2 cm³/mol. The van der Waals surface area contributed by atoms with Gasteiger partial charge in [0.1, 0.15) is 0 Å². The van der Waals surface area contributed by atoms with Crippen LogP contribution in [0.25, 0.3) is 0 Å². The maximum atomic E-state index is 12.0. The van der Waals surface area contributed by atoms with Crippen LogP contribution in [0.4, 0.5) is 5.69 Å². The van der Waals surface area contributed by atoms with Gasteiger partial charge in [-0.2, -0.15) is 5.10 Å². The van der Waals surface area contributed by atoms with Gasteiger partial charge in [0, 0.05) is 25.5 Å². The van der Waals surface area contributed by atoms with Crippen molar-refractivity contribution in [1.29, 1.82) is 0 Å². The highest BCUT2D eigenvalue weighted by Crippen LogP contribution is 2.17. The van der Waals surface area contributed by atoms with E-state index in [0.29, 0.717) is 12.2 Å². The molecule has 1 aromatic carbocycles. The Morgan fingerprint density at radius 1 is 1.44 bits per heavy atom. The highest BCUT2D eigenvalue weighted by Gasteiger charge is 2.10. The fourth-order valence-electron chi connectivity index (χ4n) is 1.65. The SMILES string of the molecule is Cc1ccc(CN)cc1NC(=O)c1ccn(C)n1. The summed E-state index contributed by atoms with van der Waals surface area (Å²) in [5.74, 6) is -0.215. The second-order valence-corrected chi connectivity index (χ2v) is 4.18. The Hall–Kier alpha value is -2.14. The van der Waals surface area contributed by atoms with Crippen LogP contribution >= 0.6 is 0 Å². The summed E-state index contributed by atoms with van der Waals surface area (Å²) in [6.45, 7) is 2.39. The van der Waals surface area contributed by atoms with Crippen molar-refractivity contribution in [3.63, 3.8) is 0 Å². The average molecular weight is 244 g/mol. The molecular formula is C13H16N4O. The molecule has 2 aromatic rings. The third-order valence-corrected chi connectivity index (χ3v) is 2.73. The van der Waals surface area contributed by atoms with E-state index < -0.39 is 0 Å². The first kappa shape index (κ1) is 12.3. The van der Waals surface area contributed by atoms with Gasteiger partial charge in [0.25, 0.3) is 5.91 Å². The van der Waals surface area contributed by atoms with Gasteiger partial charge in [-0.25, -0.2) is 0 Å². The van der Waals surface area contributed by atoms with Crippen LogP contribution in [0.2, 0.25) is 0 Å². The molecule has 2 rings (SSSR count). The molecule has 1 aromatic heterocycles. The Balaban J connectivity index is 2.21. The molecule has 0 bridgehead atoms. The van der Waals surface area contributed by atoms with E-state index in [1.54, 1.807) is 24.0 Å². The van der Waals surface area contributed by atoms with Crippen LogP contribution in [0, 0.1) is 6.92 Å².